The summed E-state index contributed by atoms with van der Waals surface area (Å²) in [6.45, 7) is 11.5. The fraction of sp³-hybridized carbons (Fsp3) is 0.107. The average molecular weight is 442 g/mol. The molecule has 3 aromatic carbocycles. The van der Waals surface area contributed by atoms with Crippen LogP contribution in [0.2, 0.25) is 0 Å². The molecule has 0 aromatic heterocycles. The van der Waals surface area contributed by atoms with E-state index in [1.165, 1.54) is 0 Å². The Hall–Kier alpha value is -3.42. The van der Waals surface area contributed by atoms with Crippen LogP contribution in [0.1, 0.15) is 27.0 Å². The molecule has 0 heterocycles. The molecule has 3 aromatic rings. The van der Waals surface area contributed by atoms with Crippen LogP contribution in [0.5, 0.6) is 0 Å². The number of carbonyl (C=O) groups is 1. The van der Waals surface area contributed by atoms with Crippen LogP contribution < -0.4 is 10.6 Å². The Balaban J connectivity index is 2.14. The van der Waals surface area contributed by atoms with Gasteiger partial charge in [0.2, 0.25) is 0 Å². The molecule has 162 valence electrons. The van der Waals surface area contributed by atoms with Crippen LogP contribution in [0.3, 0.4) is 0 Å². The molecule has 3 nitrogen and oxygen atoms in total. The third-order valence-corrected chi connectivity index (χ3v) is 7.46. The van der Waals surface area contributed by atoms with Crippen molar-refractivity contribution in [3.8, 4) is 0 Å². The number of rotatable bonds is 10. The normalized spacial score (nSPS) is 10.9. The lowest BCUT2D eigenvalue weighted by atomic mass is 9.93. The molecule has 0 saturated heterocycles. The molecule has 0 atom stereocenters. The van der Waals surface area contributed by atoms with Gasteiger partial charge in [-0.3, -0.25) is 4.57 Å². The summed E-state index contributed by atoms with van der Waals surface area (Å²) in [5.41, 5.74) is 3.03. The number of benzene rings is 3. The summed E-state index contributed by atoms with van der Waals surface area (Å²) in [6, 6.07) is 21.6. The first-order chi connectivity index (χ1) is 15.5. The fourth-order valence-electron chi connectivity index (χ4n) is 3.68. The van der Waals surface area contributed by atoms with Gasteiger partial charge in [0.15, 0.2) is 0 Å². The van der Waals surface area contributed by atoms with Gasteiger partial charge < -0.3 is 4.52 Å². The van der Waals surface area contributed by atoms with E-state index in [1.807, 2.05) is 30.3 Å². The summed E-state index contributed by atoms with van der Waals surface area (Å²) in [4.78, 5) is 13.6. The second-order valence-corrected chi connectivity index (χ2v) is 9.69. The van der Waals surface area contributed by atoms with Crippen molar-refractivity contribution in [1.29, 1.82) is 0 Å². The quantitative estimate of drug-likeness (QED) is 0.288. The fourth-order valence-corrected chi connectivity index (χ4v) is 5.65. The number of hydrogen-bond donors (Lipinski definition) is 0. The highest BCUT2D eigenvalue weighted by atomic mass is 31.2. The highest BCUT2D eigenvalue weighted by molar-refractivity contribution is 7.74. The van der Waals surface area contributed by atoms with Gasteiger partial charge in [-0.2, -0.15) is 0 Å². The minimum Gasteiger partial charge on any atom is -0.401 e. The maximum absolute atomic E-state index is 14.2. The van der Waals surface area contributed by atoms with Crippen LogP contribution >= 0.6 is 7.37 Å². The van der Waals surface area contributed by atoms with Gasteiger partial charge in [0.1, 0.15) is 0 Å². The highest BCUT2D eigenvalue weighted by Gasteiger charge is 2.34. The minimum absolute atomic E-state index is 0.421. The Labute approximate surface area is 190 Å². The smallest absolute Gasteiger partial charge is 0.344 e. The van der Waals surface area contributed by atoms with Crippen LogP contribution in [0, 0.1) is 0 Å². The third kappa shape index (κ3) is 5.07. The summed E-state index contributed by atoms with van der Waals surface area (Å²) in [5, 5.41) is 0.941. The monoisotopic (exact) mass is 442 g/mol. The van der Waals surface area contributed by atoms with Crippen LogP contribution in [0.15, 0.2) is 111 Å². The molecule has 0 aliphatic rings. The zero-order valence-electron chi connectivity index (χ0n) is 18.1. The Morgan fingerprint density at radius 2 is 1.19 bits per heavy atom. The minimum atomic E-state index is -3.67. The van der Waals surface area contributed by atoms with Gasteiger partial charge in [-0.1, -0.05) is 66.8 Å². The van der Waals surface area contributed by atoms with Crippen molar-refractivity contribution >= 4 is 23.9 Å². The first-order valence-corrected chi connectivity index (χ1v) is 12.1. The average Bonchev–Trinajstić information content (AvgIpc) is 2.80. The largest absolute Gasteiger partial charge is 0.401 e. The molecule has 0 radical (unpaired) electrons. The van der Waals surface area contributed by atoms with Crippen molar-refractivity contribution in [2.45, 2.75) is 19.3 Å². The second kappa shape index (κ2) is 10.7. The van der Waals surface area contributed by atoms with Crippen LogP contribution in [-0.4, -0.2) is 5.97 Å². The third-order valence-electron chi connectivity index (χ3n) is 5.08. The zero-order chi connectivity index (χ0) is 23.0. The SMILES string of the molecule is C=CCc1cc(CC=C)c(C(=O)OP(=O)(c2ccccc2)c2ccccc2)c(CC=C)c1. The van der Waals surface area contributed by atoms with Gasteiger partial charge in [-0.15, -0.1) is 19.7 Å². The molecule has 0 unspecified atom stereocenters. The molecule has 0 aliphatic heterocycles. The van der Waals surface area contributed by atoms with E-state index in [0.717, 1.165) is 16.7 Å². The van der Waals surface area contributed by atoms with E-state index < -0.39 is 13.3 Å². The molecule has 0 N–H and O–H groups in total. The van der Waals surface area contributed by atoms with E-state index in [9.17, 15) is 9.36 Å². The van der Waals surface area contributed by atoms with Crippen molar-refractivity contribution in [3.63, 3.8) is 0 Å². The maximum atomic E-state index is 14.2. The number of carbonyl (C=O) groups excluding carboxylic acids is 1. The standard InChI is InChI=1S/C28H27O3P/c1-4-13-22-20-23(14-5-2)27(24(21-22)15-6-3)28(29)31-32(30,25-16-9-7-10-17-25)26-18-11-8-12-19-26/h4-12,16-21H,1-3,13-15H2. The Morgan fingerprint density at radius 3 is 1.59 bits per heavy atom. The lowest BCUT2D eigenvalue weighted by Crippen LogP contribution is -2.22. The van der Waals surface area contributed by atoms with Crippen molar-refractivity contribution in [2.24, 2.45) is 0 Å². The molecule has 4 heteroatoms. The van der Waals surface area contributed by atoms with Gasteiger partial charge in [0.25, 0.3) is 0 Å². The summed E-state index contributed by atoms with van der Waals surface area (Å²) in [6.07, 6.45) is 6.96. The first-order valence-electron chi connectivity index (χ1n) is 10.5. The molecule has 32 heavy (non-hydrogen) atoms. The second-order valence-electron chi connectivity index (χ2n) is 7.37. The molecule has 3 rings (SSSR count). The van der Waals surface area contributed by atoms with E-state index in [0.29, 0.717) is 35.4 Å². The van der Waals surface area contributed by atoms with Crippen LogP contribution in [0.4, 0.5) is 0 Å². The molecule has 0 fully saturated rings. The number of allylic oxidation sites excluding steroid dienone is 3. The molecule has 0 saturated carbocycles. The lowest BCUT2D eigenvalue weighted by Gasteiger charge is -2.21. The van der Waals surface area contributed by atoms with Crippen molar-refractivity contribution in [3.05, 3.63) is 133 Å². The van der Waals surface area contributed by atoms with E-state index in [1.54, 1.807) is 60.7 Å². The maximum Gasteiger partial charge on any atom is 0.344 e. The van der Waals surface area contributed by atoms with Crippen LogP contribution in [-0.2, 0) is 28.4 Å². The Bertz CT molecular complexity index is 1090. The molecular weight excluding hydrogens is 415 g/mol. The van der Waals surface area contributed by atoms with Crippen LogP contribution in [0.25, 0.3) is 0 Å². The van der Waals surface area contributed by atoms with Gasteiger partial charge in [-0.05, 0) is 60.2 Å². The van der Waals surface area contributed by atoms with Crippen molar-refractivity contribution < 1.29 is 13.9 Å². The molecule has 0 bridgehead atoms. The molecule has 0 amide bonds. The van der Waals surface area contributed by atoms with Crippen molar-refractivity contribution in [2.75, 3.05) is 0 Å². The molecule has 0 aliphatic carbocycles. The lowest BCUT2D eigenvalue weighted by molar-refractivity contribution is 0.0745. The van der Waals surface area contributed by atoms with Gasteiger partial charge in [0.05, 0.1) is 16.2 Å². The summed E-state index contributed by atoms with van der Waals surface area (Å²) in [7, 11) is -3.67. The van der Waals surface area contributed by atoms with E-state index in [-0.39, 0.29) is 0 Å². The Morgan fingerprint density at radius 1 is 0.750 bits per heavy atom. The highest BCUT2D eigenvalue weighted by Crippen LogP contribution is 2.45. The predicted molar refractivity (Wildman–Crippen MR) is 133 cm³/mol. The van der Waals surface area contributed by atoms with Gasteiger partial charge in [0, 0.05) is 0 Å². The summed E-state index contributed by atoms with van der Waals surface area (Å²) >= 11 is 0. The first kappa shape index (κ1) is 23.2. The topological polar surface area (TPSA) is 43.4 Å². The van der Waals surface area contributed by atoms with E-state index >= 15 is 0 Å². The van der Waals surface area contributed by atoms with Gasteiger partial charge >= 0.3 is 13.3 Å². The Kier molecular flexibility index (Phi) is 7.81. The van der Waals surface area contributed by atoms with Crippen molar-refractivity contribution in [1.82, 2.24) is 0 Å². The predicted octanol–water partition coefficient (Wildman–Crippen LogP) is 5.96. The van der Waals surface area contributed by atoms with Gasteiger partial charge in [-0.25, -0.2) is 4.79 Å². The van der Waals surface area contributed by atoms with E-state index in [4.69, 9.17) is 4.52 Å². The molecule has 0 spiro atoms. The molecular formula is C28H27O3P. The summed E-state index contributed by atoms with van der Waals surface area (Å²) < 4.78 is 20.1. The van der Waals surface area contributed by atoms with E-state index in [2.05, 4.69) is 19.7 Å². The number of hydrogen-bond acceptors (Lipinski definition) is 3. The zero-order valence-corrected chi connectivity index (χ0v) is 19.0. The summed E-state index contributed by atoms with van der Waals surface area (Å²) in [5.74, 6) is -0.611.